The number of esters is 2. The number of fused-ring (bicyclic) bond motifs is 8. The molecule has 5 aliphatic rings. The van der Waals surface area contributed by atoms with Gasteiger partial charge in [0.2, 0.25) is 0 Å². The van der Waals surface area contributed by atoms with E-state index in [1.54, 1.807) is 20.8 Å². The first-order valence-electron chi connectivity index (χ1n) is 9.73. The molecule has 2 bridgehead atoms. The second-order valence-corrected chi connectivity index (χ2v) is 9.26. The van der Waals surface area contributed by atoms with Crippen LogP contribution in [0.4, 0.5) is 0 Å². The van der Waals surface area contributed by atoms with E-state index in [2.05, 4.69) is 6.58 Å². The Kier molecular flexibility index (Phi) is 3.42. The Morgan fingerprint density at radius 2 is 2.00 bits per heavy atom. The van der Waals surface area contributed by atoms with Crippen molar-refractivity contribution in [2.24, 2.45) is 23.2 Å². The topological polar surface area (TPSA) is 115 Å². The summed E-state index contributed by atoms with van der Waals surface area (Å²) in [5, 5.41) is 23.4. The minimum absolute atomic E-state index is 0.239. The molecular formula is C20H26O8. The maximum Gasteiger partial charge on any atom is 0.313 e. The Hall–Kier alpha value is -1.48. The first kappa shape index (κ1) is 18.5. The number of aliphatic hydroxyl groups is 2. The van der Waals surface area contributed by atoms with Gasteiger partial charge in [-0.1, -0.05) is 19.1 Å². The predicted octanol–water partition coefficient (Wildman–Crippen LogP) is -0.0500. The van der Waals surface area contributed by atoms with Crippen LogP contribution in [0.2, 0.25) is 0 Å². The molecule has 1 spiro atoms. The zero-order chi connectivity index (χ0) is 20.4. The molecule has 3 saturated heterocycles. The van der Waals surface area contributed by atoms with Crippen LogP contribution in [0.3, 0.4) is 0 Å². The first-order chi connectivity index (χ1) is 13.1. The Bertz CT molecular complexity index is 795. The lowest BCUT2D eigenvalue weighted by Gasteiger charge is -2.57. The van der Waals surface area contributed by atoms with E-state index in [0.717, 1.165) is 0 Å². The molecule has 8 heteroatoms. The summed E-state index contributed by atoms with van der Waals surface area (Å²) >= 11 is 0. The van der Waals surface area contributed by atoms with Crippen molar-refractivity contribution >= 4 is 11.9 Å². The third kappa shape index (κ3) is 1.66. The summed E-state index contributed by atoms with van der Waals surface area (Å²) in [6, 6.07) is 0. The highest BCUT2D eigenvalue weighted by Crippen LogP contribution is 2.75. The molecule has 2 aliphatic carbocycles. The maximum atomic E-state index is 12.7. The number of carbonyl (C=O) groups excluding carboxylic acids is 2. The molecule has 0 aromatic heterocycles. The van der Waals surface area contributed by atoms with Gasteiger partial charge in [-0.2, -0.15) is 0 Å². The average molecular weight is 394 g/mol. The summed E-state index contributed by atoms with van der Waals surface area (Å²) in [5.74, 6) is -3.00. The molecule has 0 aromatic rings. The number of carbonyl (C=O) groups is 2. The summed E-state index contributed by atoms with van der Waals surface area (Å²) in [5.41, 5.74) is -3.64. The van der Waals surface area contributed by atoms with Crippen LogP contribution < -0.4 is 0 Å². The minimum atomic E-state index is -1.73. The van der Waals surface area contributed by atoms with Crippen molar-refractivity contribution < 1.29 is 38.7 Å². The number of ether oxygens (including phenoxy) is 4. The third-order valence-electron chi connectivity index (χ3n) is 8.31. The molecular weight excluding hydrogens is 368 g/mol. The second-order valence-electron chi connectivity index (χ2n) is 9.26. The number of methoxy groups -OCH3 is 1. The summed E-state index contributed by atoms with van der Waals surface area (Å²) in [6.45, 7) is 9.18. The van der Waals surface area contributed by atoms with Crippen molar-refractivity contribution in [3.63, 3.8) is 0 Å². The molecule has 5 fully saturated rings. The molecule has 28 heavy (non-hydrogen) atoms. The van der Waals surface area contributed by atoms with Gasteiger partial charge in [0.25, 0.3) is 0 Å². The summed E-state index contributed by atoms with van der Waals surface area (Å²) in [6.07, 6.45) is -3.51. The van der Waals surface area contributed by atoms with Crippen LogP contribution in [0.15, 0.2) is 12.2 Å². The van der Waals surface area contributed by atoms with E-state index in [1.807, 2.05) is 0 Å². The first-order valence-corrected chi connectivity index (χ1v) is 9.73. The van der Waals surface area contributed by atoms with Crippen LogP contribution >= 0.6 is 0 Å². The van der Waals surface area contributed by atoms with Crippen LogP contribution in [0.25, 0.3) is 0 Å². The van der Waals surface area contributed by atoms with Crippen molar-refractivity contribution in [2.75, 3.05) is 7.11 Å². The van der Waals surface area contributed by atoms with E-state index in [9.17, 15) is 19.8 Å². The lowest BCUT2D eigenvalue weighted by molar-refractivity contribution is -0.272. The Balaban J connectivity index is 1.66. The summed E-state index contributed by atoms with van der Waals surface area (Å²) in [4.78, 5) is 25.4. The van der Waals surface area contributed by atoms with E-state index in [4.69, 9.17) is 18.9 Å². The van der Waals surface area contributed by atoms with Crippen LogP contribution in [0, 0.1) is 23.2 Å². The van der Waals surface area contributed by atoms with Gasteiger partial charge in [-0.25, -0.2) is 0 Å². The monoisotopic (exact) mass is 394 g/mol. The van der Waals surface area contributed by atoms with Crippen molar-refractivity contribution in [1.29, 1.82) is 0 Å². The van der Waals surface area contributed by atoms with Gasteiger partial charge in [0.05, 0.1) is 23.4 Å². The van der Waals surface area contributed by atoms with E-state index in [-0.39, 0.29) is 12.5 Å². The quantitative estimate of drug-likeness (QED) is 0.389. The van der Waals surface area contributed by atoms with Gasteiger partial charge < -0.3 is 29.2 Å². The Morgan fingerprint density at radius 1 is 1.32 bits per heavy atom. The minimum Gasteiger partial charge on any atom is -0.459 e. The zero-order valence-corrected chi connectivity index (χ0v) is 16.4. The maximum absolute atomic E-state index is 12.7. The number of epoxide rings is 1. The number of rotatable bonds is 3. The highest BCUT2D eigenvalue weighted by molar-refractivity contribution is 5.81. The lowest BCUT2D eigenvalue weighted by atomic mass is 9.50. The molecule has 3 aliphatic heterocycles. The van der Waals surface area contributed by atoms with Crippen LogP contribution in [0.1, 0.15) is 27.2 Å². The largest absolute Gasteiger partial charge is 0.459 e. The fraction of sp³-hybridized carbons (Fsp3) is 0.800. The summed E-state index contributed by atoms with van der Waals surface area (Å²) in [7, 11) is 1.52. The average Bonchev–Trinajstić information content (AvgIpc) is 3.24. The van der Waals surface area contributed by atoms with Crippen molar-refractivity contribution in [2.45, 2.75) is 68.9 Å². The molecule has 3 heterocycles. The van der Waals surface area contributed by atoms with Gasteiger partial charge in [0, 0.05) is 19.4 Å². The molecule has 0 radical (unpaired) electrons. The van der Waals surface area contributed by atoms with Crippen molar-refractivity contribution in [1.82, 2.24) is 0 Å². The molecule has 11 atom stereocenters. The normalized spacial score (nSPS) is 56.9. The fourth-order valence-corrected chi connectivity index (χ4v) is 6.66. The molecule has 5 rings (SSSR count). The van der Waals surface area contributed by atoms with Gasteiger partial charge in [-0.3, -0.25) is 9.59 Å². The van der Waals surface area contributed by atoms with Gasteiger partial charge in [-0.15, -0.1) is 0 Å². The van der Waals surface area contributed by atoms with Crippen LogP contribution in [0.5, 0.6) is 0 Å². The Labute approximate surface area is 162 Å². The van der Waals surface area contributed by atoms with Crippen molar-refractivity contribution in [3.05, 3.63) is 12.2 Å². The molecule has 0 aromatic carbocycles. The Morgan fingerprint density at radius 3 is 2.61 bits per heavy atom. The fourth-order valence-electron chi connectivity index (χ4n) is 6.66. The van der Waals surface area contributed by atoms with Crippen LogP contribution in [-0.2, 0) is 28.5 Å². The molecule has 0 unspecified atom stereocenters. The van der Waals surface area contributed by atoms with E-state index in [1.165, 1.54) is 7.11 Å². The van der Waals surface area contributed by atoms with Gasteiger partial charge in [-0.05, 0) is 13.8 Å². The predicted molar refractivity (Wildman–Crippen MR) is 92.8 cm³/mol. The van der Waals surface area contributed by atoms with Gasteiger partial charge in [0.1, 0.15) is 30.0 Å². The van der Waals surface area contributed by atoms with Crippen molar-refractivity contribution in [3.8, 4) is 0 Å². The van der Waals surface area contributed by atoms with E-state index in [0.29, 0.717) is 5.57 Å². The SMILES string of the molecule is C=C(C)[C@@H]1[C@H]2OC(=O)[C@@H]1[C@]1(O)[C@H]3O[C@H]3[C@]3(C[C@@H]([C@H](C)OC)C(=O)O3)[C@]1(C)[C@@H]2O. The van der Waals surface area contributed by atoms with Gasteiger partial charge in [0.15, 0.2) is 5.60 Å². The standard InChI is InChI=1S/C20H26O8/c1-7(2)10-11-17(23)26-12(10)13(21)18(4)19(14-15(27-14)20(11,18)24)6-9(8(3)25-5)16(22)28-19/h8-15,21,24H,1,6H2,2-5H3/t8-,9-,10-,11+,12+,13+,14+,15-,18-,19+,20-/m0/s1. The lowest BCUT2D eigenvalue weighted by Crippen LogP contribution is -2.72. The van der Waals surface area contributed by atoms with E-state index >= 15 is 0 Å². The number of hydrogen-bond acceptors (Lipinski definition) is 8. The number of hydrogen-bond donors (Lipinski definition) is 2. The second kappa shape index (κ2) is 5.16. The summed E-state index contributed by atoms with van der Waals surface area (Å²) < 4.78 is 22.5. The zero-order valence-electron chi connectivity index (χ0n) is 16.4. The molecule has 8 nitrogen and oxygen atoms in total. The van der Waals surface area contributed by atoms with Gasteiger partial charge >= 0.3 is 11.9 Å². The molecule has 154 valence electrons. The smallest absolute Gasteiger partial charge is 0.313 e. The highest BCUT2D eigenvalue weighted by atomic mass is 16.7. The molecule has 2 N–H and O–H groups in total. The van der Waals surface area contributed by atoms with Crippen LogP contribution in [-0.4, -0.2) is 71.0 Å². The highest BCUT2D eigenvalue weighted by Gasteiger charge is 2.93. The number of aliphatic hydroxyl groups excluding tert-OH is 1. The molecule has 2 saturated carbocycles. The van der Waals surface area contributed by atoms with E-state index < -0.39 is 70.7 Å². The third-order valence-corrected chi connectivity index (χ3v) is 8.31. The molecule has 0 amide bonds.